The summed E-state index contributed by atoms with van der Waals surface area (Å²) in [7, 11) is 0. The molecule has 0 atom stereocenters. The molecule has 0 unspecified atom stereocenters. The van der Waals surface area contributed by atoms with Crippen LogP contribution in [0.5, 0.6) is 0 Å². The van der Waals surface area contributed by atoms with Gasteiger partial charge in [-0.1, -0.05) is 12.2 Å². The van der Waals surface area contributed by atoms with E-state index >= 15 is 0 Å². The second-order valence-electron chi connectivity index (χ2n) is 4.18. The molecule has 1 aliphatic heterocycles. The molecule has 2 rings (SSSR count). The van der Waals surface area contributed by atoms with Crippen LogP contribution in [0.2, 0.25) is 0 Å². The standard InChI is InChI=1S/C13H15FN2O/c1-9-11(14)7-10(8-12(9)15)13(17)16-5-3-2-4-6-16/h2-3,7-8H,4-6,15H2,1H3. The van der Waals surface area contributed by atoms with Crippen molar-refractivity contribution in [3.63, 3.8) is 0 Å². The van der Waals surface area contributed by atoms with Crippen molar-refractivity contribution >= 4 is 11.6 Å². The van der Waals surface area contributed by atoms with Crippen LogP contribution in [0.15, 0.2) is 24.3 Å². The number of carbonyl (C=O) groups excluding carboxylic acids is 1. The Kier molecular flexibility index (Phi) is 3.13. The molecular formula is C13H15FN2O. The van der Waals surface area contributed by atoms with E-state index in [2.05, 4.69) is 0 Å². The van der Waals surface area contributed by atoms with Crippen molar-refractivity contribution in [2.45, 2.75) is 13.3 Å². The van der Waals surface area contributed by atoms with Gasteiger partial charge in [0.15, 0.2) is 0 Å². The normalized spacial score (nSPS) is 15.1. The van der Waals surface area contributed by atoms with Crippen LogP contribution >= 0.6 is 0 Å². The highest BCUT2D eigenvalue weighted by Gasteiger charge is 2.18. The third kappa shape index (κ3) is 2.30. The van der Waals surface area contributed by atoms with Gasteiger partial charge in [-0.2, -0.15) is 0 Å². The minimum atomic E-state index is -0.430. The molecule has 17 heavy (non-hydrogen) atoms. The minimum absolute atomic E-state index is 0.167. The number of carbonyl (C=O) groups is 1. The van der Waals surface area contributed by atoms with E-state index in [9.17, 15) is 9.18 Å². The summed E-state index contributed by atoms with van der Waals surface area (Å²) in [6.07, 6.45) is 4.82. The zero-order valence-electron chi connectivity index (χ0n) is 9.74. The number of halogens is 1. The molecule has 90 valence electrons. The molecule has 0 saturated heterocycles. The fourth-order valence-corrected chi connectivity index (χ4v) is 1.83. The van der Waals surface area contributed by atoms with Gasteiger partial charge < -0.3 is 10.6 Å². The SMILES string of the molecule is Cc1c(N)cc(C(=O)N2CC=CCC2)cc1F. The van der Waals surface area contributed by atoms with E-state index in [0.717, 1.165) is 6.42 Å². The van der Waals surface area contributed by atoms with Gasteiger partial charge in [-0.15, -0.1) is 0 Å². The molecular weight excluding hydrogens is 219 g/mol. The molecule has 3 nitrogen and oxygen atoms in total. The average Bonchev–Trinajstić information content (AvgIpc) is 2.35. The highest BCUT2D eigenvalue weighted by Crippen LogP contribution is 2.19. The largest absolute Gasteiger partial charge is 0.398 e. The van der Waals surface area contributed by atoms with Gasteiger partial charge in [0, 0.05) is 29.9 Å². The van der Waals surface area contributed by atoms with Crippen molar-refractivity contribution in [3.8, 4) is 0 Å². The second-order valence-corrected chi connectivity index (χ2v) is 4.18. The van der Waals surface area contributed by atoms with E-state index in [1.54, 1.807) is 17.9 Å². The first-order valence-electron chi connectivity index (χ1n) is 5.59. The van der Waals surface area contributed by atoms with Crippen LogP contribution in [0.3, 0.4) is 0 Å². The molecule has 0 fully saturated rings. The van der Waals surface area contributed by atoms with Crippen LogP contribution < -0.4 is 5.73 Å². The molecule has 1 aromatic carbocycles. The lowest BCUT2D eigenvalue weighted by Gasteiger charge is -2.23. The summed E-state index contributed by atoms with van der Waals surface area (Å²) in [4.78, 5) is 13.8. The predicted molar refractivity (Wildman–Crippen MR) is 65.2 cm³/mol. The third-order valence-electron chi connectivity index (χ3n) is 2.98. The van der Waals surface area contributed by atoms with Crippen molar-refractivity contribution in [2.75, 3.05) is 18.8 Å². The Morgan fingerprint density at radius 2 is 2.18 bits per heavy atom. The first-order chi connectivity index (χ1) is 8.09. The molecule has 0 aromatic heterocycles. The molecule has 1 aliphatic rings. The highest BCUT2D eigenvalue weighted by atomic mass is 19.1. The Morgan fingerprint density at radius 3 is 2.76 bits per heavy atom. The van der Waals surface area contributed by atoms with Gasteiger partial charge in [0.25, 0.3) is 5.91 Å². The predicted octanol–water partition coefficient (Wildman–Crippen LogP) is 2.12. The fourth-order valence-electron chi connectivity index (χ4n) is 1.83. The van der Waals surface area contributed by atoms with Crippen molar-refractivity contribution in [1.29, 1.82) is 0 Å². The van der Waals surface area contributed by atoms with Crippen LogP contribution in [0.25, 0.3) is 0 Å². The van der Waals surface area contributed by atoms with Crippen molar-refractivity contribution in [3.05, 3.63) is 41.2 Å². The number of amides is 1. The second kappa shape index (κ2) is 4.57. The fraction of sp³-hybridized carbons (Fsp3) is 0.308. The zero-order chi connectivity index (χ0) is 12.4. The number of hydrogen-bond acceptors (Lipinski definition) is 2. The molecule has 0 saturated carbocycles. The summed E-state index contributed by atoms with van der Waals surface area (Å²) >= 11 is 0. The van der Waals surface area contributed by atoms with Crippen molar-refractivity contribution < 1.29 is 9.18 Å². The summed E-state index contributed by atoms with van der Waals surface area (Å²) in [5, 5.41) is 0. The quantitative estimate of drug-likeness (QED) is 0.597. The average molecular weight is 234 g/mol. The van der Waals surface area contributed by atoms with Gasteiger partial charge in [0.2, 0.25) is 0 Å². The smallest absolute Gasteiger partial charge is 0.254 e. The number of nitrogens with zero attached hydrogens (tertiary/aromatic N) is 1. The van der Waals surface area contributed by atoms with Crippen LogP contribution in [-0.2, 0) is 0 Å². The molecule has 1 amide bonds. The van der Waals surface area contributed by atoms with E-state index in [1.165, 1.54) is 6.07 Å². The number of rotatable bonds is 1. The first kappa shape index (κ1) is 11.6. The monoisotopic (exact) mass is 234 g/mol. The molecule has 1 heterocycles. The van der Waals surface area contributed by atoms with E-state index < -0.39 is 5.82 Å². The maximum atomic E-state index is 13.5. The summed E-state index contributed by atoms with van der Waals surface area (Å²) in [5.41, 5.74) is 6.69. The molecule has 1 aromatic rings. The molecule has 2 N–H and O–H groups in total. The Bertz CT molecular complexity index is 459. The summed E-state index contributed by atoms with van der Waals surface area (Å²) in [6, 6.07) is 2.80. The van der Waals surface area contributed by atoms with Crippen LogP contribution in [0.4, 0.5) is 10.1 Å². The van der Waals surface area contributed by atoms with Crippen LogP contribution in [-0.4, -0.2) is 23.9 Å². The Hall–Kier alpha value is -1.84. The maximum absolute atomic E-state index is 13.5. The maximum Gasteiger partial charge on any atom is 0.254 e. The molecule has 0 radical (unpaired) electrons. The number of nitrogens with two attached hydrogens (primary N) is 1. The summed E-state index contributed by atoms with van der Waals surface area (Å²) in [5.74, 6) is -0.596. The Labute approximate surface area is 99.7 Å². The first-order valence-corrected chi connectivity index (χ1v) is 5.59. The topological polar surface area (TPSA) is 46.3 Å². The number of anilines is 1. The van der Waals surface area contributed by atoms with E-state index in [-0.39, 0.29) is 5.91 Å². The van der Waals surface area contributed by atoms with E-state index in [1.807, 2.05) is 12.2 Å². The molecule has 0 aliphatic carbocycles. The third-order valence-corrected chi connectivity index (χ3v) is 2.98. The lowest BCUT2D eigenvalue weighted by Crippen LogP contribution is -2.33. The number of nitrogen functional groups attached to an aromatic ring is 1. The Morgan fingerprint density at radius 1 is 1.41 bits per heavy atom. The minimum Gasteiger partial charge on any atom is -0.398 e. The molecule has 0 spiro atoms. The van der Waals surface area contributed by atoms with E-state index in [0.29, 0.717) is 29.9 Å². The van der Waals surface area contributed by atoms with Gasteiger partial charge >= 0.3 is 0 Å². The van der Waals surface area contributed by atoms with E-state index in [4.69, 9.17) is 5.73 Å². The zero-order valence-corrected chi connectivity index (χ0v) is 9.74. The van der Waals surface area contributed by atoms with Crippen LogP contribution in [0, 0.1) is 12.7 Å². The van der Waals surface area contributed by atoms with Gasteiger partial charge in [-0.3, -0.25) is 4.79 Å². The van der Waals surface area contributed by atoms with Gasteiger partial charge in [0.1, 0.15) is 5.82 Å². The van der Waals surface area contributed by atoms with Gasteiger partial charge in [0.05, 0.1) is 0 Å². The number of hydrogen-bond donors (Lipinski definition) is 1. The van der Waals surface area contributed by atoms with Gasteiger partial charge in [-0.25, -0.2) is 4.39 Å². The summed E-state index contributed by atoms with van der Waals surface area (Å²) in [6.45, 7) is 2.85. The van der Waals surface area contributed by atoms with Crippen LogP contribution in [0.1, 0.15) is 22.3 Å². The lowest BCUT2D eigenvalue weighted by molar-refractivity contribution is 0.0770. The highest BCUT2D eigenvalue weighted by molar-refractivity contribution is 5.95. The molecule has 4 heteroatoms. The van der Waals surface area contributed by atoms with Crippen molar-refractivity contribution in [2.24, 2.45) is 0 Å². The Balaban J connectivity index is 2.28. The molecule has 0 bridgehead atoms. The van der Waals surface area contributed by atoms with Gasteiger partial charge in [-0.05, 0) is 25.5 Å². The summed E-state index contributed by atoms with van der Waals surface area (Å²) < 4.78 is 13.5. The number of benzene rings is 1. The van der Waals surface area contributed by atoms with Crippen molar-refractivity contribution in [1.82, 2.24) is 4.90 Å². The lowest BCUT2D eigenvalue weighted by atomic mass is 10.1.